The first-order chi connectivity index (χ1) is 19.7. The average Bonchev–Trinajstić information content (AvgIpc) is 3.01. The van der Waals surface area contributed by atoms with E-state index in [1.165, 1.54) is 17.0 Å². The van der Waals surface area contributed by atoms with Gasteiger partial charge >= 0.3 is 0 Å². The number of ether oxygens (including phenoxy) is 3. The van der Waals surface area contributed by atoms with Crippen LogP contribution in [0.5, 0.6) is 17.2 Å². The van der Waals surface area contributed by atoms with E-state index < -0.39 is 28.5 Å². The topological polar surface area (TPSA) is 114 Å². The molecule has 1 heterocycles. The first-order valence-electron chi connectivity index (χ1n) is 13.4. The number of anilines is 1. The largest absolute Gasteiger partial charge is 0.497 e. The lowest BCUT2D eigenvalue weighted by molar-refractivity contribution is -0.139. The van der Waals surface area contributed by atoms with Crippen molar-refractivity contribution in [2.75, 3.05) is 37.7 Å². The predicted octanol–water partition coefficient (Wildman–Crippen LogP) is 3.61. The molecule has 1 aliphatic heterocycles. The molecule has 0 unspecified atom stereocenters. The third-order valence-electron chi connectivity index (χ3n) is 6.63. The van der Waals surface area contributed by atoms with Crippen molar-refractivity contribution in [1.29, 1.82) is 0 Å². The van der Waals surface area contributed by atoms with Crippen LogP contribution >= 0.6 is 0 Å². The summed E-state index contributed by atoms with van der Waals surface area (Å²) in [5, 5.41) is 2.83. The molecule has 0 saturated carbocycles. The van der Waals surface area contributed by atoms with E-state index in [1.807, 2.05) is 13.0 Å². The first-order valence-corrected chi connectivity index (χ1v) is 14.9. The summed E-state index contributed by atoms with van der Waals surface area (Å²) >= 11 is 0. The van der Waals surface area contributed by atoms with Crippen molar-refractivity contribution in [2.24, 2.45) is 0 Å². The molecule has 218 valence electrons. The second-order valence-corrected chi connectivity index (χ2v) is 11.4. The molecule has 3 aromatic rings. The lowest BCUT2D eigenvalue weighted by Crippen LogP contribution is -2.51. The third kappa shape index (κ3) is 7.10. The number of hydrogen-bond acceptors (Lipinski definition) is 7. The zero-order chi connectivity index (χ0) is 29.4. The van der Waals surface area contributed by atoms with E-state index in [1.54, 1.807) is 68.6 Å². The minimum absolute atomic E-state index is 0.0239. The maximum absolute atomic E-state index is 14.0. The Balaban J connectivity index is 1.72. The molecule has 0 bridgehead atoms. The number of rotatable bonds is 12. The number of fused-ring (bicyclic) bond motifs is 1. The van der Waals surface area contributed by atoms with Crippen LogP contribution in [0, 0.1) is 0 Å². The molecule has 0 radical (unpaired) electrons. The van der Waals surface area contributed by atoms with Gasteiger partial charge in [0.1, 0.15) is 31.5 Å². The zero-order valence-corrected chi connectivity index (χ0v) is 24.2. The van der Waals surface area contributed by atoms with E-state index in [0.717, 1.165) is 16.3 Å². The van der Waals surface area contributed by atoms with Gasteiger partial charge in [-0.1, -0.05) is 37.3 Å². The Morgan fingerprint density at radius 2 is 1.71 bits per heavy atom. The van der Waals surface area contributed by atoms with E-state index >= 15 is 0 Å². The minimum Gasteiger partial charge on any atom is -0.497 e. The highest BCUT2D eigenvalue weighted by Crippen LogP contribution is 2.36. The van der Waals surface area contributed by atoms with Gasteiger partial charge in [-0.05, 0) is 55.3 Å². The smallest absolute Gasteiger partial charge is 0.264 e. The summed E-state index contributed by atoms with van der Waals surface area (Å²) in [6.07, 6.45) is 0.732. The average molecular weight is 582 g/mol. The predicted molar refractivity (Wildman–Crippen MR) is 155 cm³/mol. The summed E-state index contributed by atoms with van der Waals surface area (Å²) in [4.78, 5) is 28.4. The van der Waals surface area contributed by atoms with E-state index in [-0.39, 0.29) is 23.0 Å². The monoisotopic (exact) mass is 581 g/mol. The standard InChI is InChI=1S/C30H35N3O7S/c1-4-15-31-30(35)22(2)32(20-23-9-8-10-25(18-23)38-3)29(34)21-33(41(36,37)26-11-6-5-7-12-26)24-13-14-27-28(19-24)40-17-16-39-27/h5-14,18-19,22H,4,15-17,20-21H2,1-3H3,(H,31,35)/t22-/m1/s1. The number of nitrogens with one attached hydrogen (secondary N) is 1. The molecule has 0 fully saturated rings. The number of hydrogen-bond donors (Lipinski definition) is 1. The van der Waals surface area contributed by atoms with Gasteiger partial charge in [0.15, 0.2) is 11.5 Å². The molecule has 2 amide bonds. The van der Waals surface area contributed by atoms with Crippen LogP contribution in [0.15, 0.2) is 77.7 Å². The molecule has 3 aromatic carbocycles. The summed E-state index contributed by atoms with van der Waals surface area (Å²) < 4.78 is 45.5. The molecule has 11 heteroatoms. The fourth-order valence-corrected chi connectivity index (χ4v) is 5.81. The maximum atomic E-state index is 14.0. The lowest BCUT2D eigenvalue weighted by Gasteiger charge is -2.32. The van der Waals surface area contributed by atoms with Gasteiger partial charge in [0, 0.05) is 19.2 Å². The minimum atomic E-state index is -4.18. The lowest BCUT2D eigenvalue weighted by atomic mass is 10.1. The first kappa shape index (κ1) is 29.7. The van der Waals surface area contributed by atoms with Crippen LogP contribution in [-0.2, 0) is 26.2 Å². The molecule has 0 aliphatic carbocycles. The molecule has 1 atom stereocenters. The Bertz CT molecular complexity index is 1460. The second-order valence-electron chi connectivity index (χ2n) is 9.49. The summed E-state index contributed by atoms with van der Waals surface area (Å²) in [5.74, 6) is 0.586. The number of methoxy groups -OCH3 is 1. The Hall–Kier alpha value is -4.25. The molecular weight excluding hydrogens is 546 g/mol. The van der Waals surface area contributed by atoms with Crippen molar-refractivity contribution < 1.29 is 32.2 Å². The summed E-state index contributed by atoms with van der Waals surface area (Å²) in [5.41, 5.74) is 0.959. The van der Waals surface area contributed by atoms with Crippen molar-refractivity contribution in [3.63, 3.8) is 0 Å². The van der Waals surface area contributed by atoms with Gasteiger partial charge in [-0.25, -0.2) is 8.42 Å². The molecule has 4 rings (SSSR count). The van der Waals surface area contributed by atoms with Gasteiger partial charge in [0.05, 0.1) is 17.7 Å². The summed E-state index contributed by atoms with van der Waals surface area (Å²) in [6, 6.07) is 18.9. The molecular formula is C30H35N3O7S. The van der Waals surface area contributed by atoms with Gasteiger partial charge < -0.3 is 24.4 Å². The fourth-order valence-electron chi connectivity index (χ4n) is 4.38. The number of amides is 2. The Morgan fingerprint density at radius 3 is 2.41 bits per heavy atom. The maximum Gasteiger partial charge on any atom is 0.264 e. The number of nitrogens with zero attached hydrogens (tertiary/aromatic N) is 2. The van der Waals surface area contributed by atoms with E-state index in [0.29, 0.717) is 37.0 Å². The van der Waals surface area contributed by atoms with Crippen LogP contribution in [-0.4, -0.2) is 64.6 Å². The molecule has 10 nitrogen and oxygen atoms in total. The SMILES string of the molecule is CCCNC(=O)[C@@H](C)N(Cc1cccc(OC)c1)C(=O)CN(c1ccc2c(c1)OCCO2)S(=O)(=O)c1ccccc1. The number of carbonyl (C=O) groups is 2. The highest BCUT2D eigenvalue weighted by Gasteiger charge is 2.33. The van der Waals surface area contributed by atoms with Gasteiger partial charge in [-0.15, -0.1) is 0 Å². The number of carbonyl (C=O) groups excluding carboxylic acids is 2. The van der Waals surface area contributed by atoms with E-state index in [2.05, 4.69) is 5.32 Å². The fraction of sp³-hybridized carbons (Fsp3) is 0.333. The third-order valence-corrected chi connectivity index (χ3v) is 8.42. The van der Waals surface area contributed by atoms with Gasteiger partial charge in [-0.3, -0.25) is 13.9 Å². The van der Waals surface area contributed by atoms with Gasteiger partial charge in [0.25, 0.3) is 10.0 Å². The molecule has 1 N–H and O–H groups in total. The molecule has 0 aromatic heterocycles. The van der Waals surface area contributed by atoms with Crippen LogP contribution in [0.1, 0.15) is 25.8 Å². The van der Waals surface area contributed by atoms with Gasteiger partial charge in [0.2, 0.25) is 11.8 Å². The van der Waals surface area contributed by atoms with Crippen LogP contribution in [0.25, 0.3) is 0 Å². The van der Waals surface area contributed by atoms with Crippen molar-refractivity contribution >= 4 is 27.5 Å². The Morgan fingerprint density at radius 1 is 0.976 bits per heavy atom. The van der Waals surface area contributed by atoms with Crippen molar-refractivity contribution in [3.05, 3.63) is 78.4 Å². The molecule has 41 heavy (non-hydrogen) atoms. The van der Waals surface area contributed by atoms with Gasteiger partial charge in [-0.2, -0.15) is 0 Å². The number of benzene rings is 3. The number of sulfonamides is 1. The van der Waals surface area contributed by atoms with Crippen molar-refractivity contribution in [2.45, 2.75) is 37.8 Å². The Kier molecular flexibility index (Phi) is 9.72. The zero-order valence-electron chi connectivity index (χ0n) is 23.4. The normalized spacial score (nSPS) is 13.1. The van der Waals surface area contributed by atoms with E-state index in [9.17, 15) is 18.0 Å². The highest BCUT2D eigenvalue weighted by molar-refractivity contribution is 7.92. The van der Waals surface area contributed by atoms with Crippen LogP contribution in [0.3, 0.4) is 0 Å². The molecule has 1 aliphatic rings. The molecule has 0 saturated heterocycles. The van der Waals surface area contributed by atoms with Crippen molar-refractivity contribution in [1.82, 2.24) is 10.2 Å². The second kappa shape index (κ2) is 13.4. The van der Waals surface area contributed by atoms with Crippen LogP contribution < -0.4 is 23.8 Å². The van der Waals surface area contributed by atoms with Crippen LogP contribution in [0.2, 0.25) is 0 Å². The molecule has 0 spiro atoms. The quantitative estimate of drug-likeness (QED) is 0.348. The summed E-state index contributed by atoms with van der Waals surface area (Å²) in [6.45, 7) is 4.24. The highest BCUT2D eigenvalue weighted by atomic mass is 32.2. The van der Waals surface area contributed by atoms with Crippen LogP contribution in [0.4, 0.5) is 5.69 Å². The summed E-state index contributed by atoms with van der Waals surface area (Å²) in [7, 11) is -2.64. The van der Waals surface area contributed by atoms with Crippen molar-refractivity contribution in [3.8, 4) is 17.2 Å². The Labute approximate surface area is 240 Å². The van der Waals surface area contributed by atoms with E-state index in [4.69, 9.17) is 14.2 Å².